The third-order valence-electron chi connectivity index (χ3n) is 4.00. The van der Waals surface area contributed by atoms with E-state index in [1.54, 1.807) is 19.2 Å². The molecule has 0 atom stereocenters. The Kier molecular flexibility index (Phi) is 6.24. The number of aryl methyl sites for hydroxylation is 1. The Labute approximate surface area is 166 Å². The summed E-state index contributed by atoms with van der Waals surface area (Å²) in [6.45, 7) is 2.55. The molecule has 27 heavy (non-hydrogen) atoms. The van der Waals surface area contributed by atoms with Gasteiger partial charge in [-0.3, -0.25) is 4.79 Å². The molecule has 0 fully saturated rings. The molecule has 0 radical (unpaired) electrons. The maximum Gasteiger partial charge on any atom is 0.257 e. The van der Waals surface area contributed by atoms with E-state index in [0.717, 1.165) is 10.0 Å². The van der Waals surface area contributed by atoms with E-state index < -0.39 is 0 Å². The summed E-state index contributed by atoms with van der Waals surface area (Å²) in [6, 6.07) is 15.0. The highest BCUT2D eigenvalue weighted by Gasteiger charge is 2.19. The number of aromatic nitrogens is 2. The van der Waals surface area contributed by atoms with E-state index in [-0.39, 0.29) is 12.5 Å². The average Bonchev–Trinajstić information content (AvgIpc) is 3.14. The molecule has 0 N–H and O–H groups in total. The van der Waals surface area contributed by atoms with E-state index in [1.807, 2.05) is 43.3 Å². The van der Waals surface area contributed by atoms with Gasteiger partial charge in [-0.25, -0.2) is 0 Å². The maximum atomic E-state index is 12.9. The van der Waals surface area contributed by atoms with Crippen molar-refractivity contribution in [2.75, 3.05) is 7.05 Å². The van der Waals surface area contributed by atoms with Crippen LogP contribution >= 0.6 is 15.9 Å². The topological polar surface area (TPSA) is 68.5 Å². The average molecular weight is 430 g/mol. The molecule has 0 aliphatic heterocycles. The Morgan fingerprint density at radius 2 is 1.93 bits per heavy atom. The van der Waals surface area contributed by atoms with Crippen LogP contribution in [0.15, 0.2) is 57.5 Å². The number of nitrogens with zero attached hydrogens (tertiary/aromatic N) is 3. The van der Waals surface area contributed by atoms with Gasteiger partial charge in [0.15, 0.2) is 5.82 Å². The second-order valence-corrected chi connectivity index (χ2v) is 6.85. The molecule has 1 aromatic heterocycles. The molecule has 3 aromatic rings. The van der Waals surface area contributed by atoms with Crippen molar-refractivity contribution in [2.24, 2.45) is 0 Å². The number of para-hydroxylation sites is 1. The van der Waals surface area contributed by atoms with Gasteiger partial charge in [-0.15, -0.1) is 0 Å². The van der Waals surface area contributed by atoms with E-state index in [2.05, 4.69) is 26.1 Å². The summed E-state index contributed by atoms with van der Waals surface area (Å²) < 4.78 is 12.1. The lowest BCUT2D eigenvalue weighted by atomic mass is 10.1. The Balaban J connectivity index is 1.72. The van der Waals surface area contributed by atoms with Gasteiger partial charge < -0.3 is 14.2 Å². The Morgan fingerprint density at radius 1 is 1.19 bits per heavy atom. The number of halogens is 1. The molecule has 0 unspecified atom stereocenters. The number of rotatable bonds is 7. The van der Waals surface area contributed by atoms with Crippen LogP contribution in [0.2, 0.25) is 0 Å². The molecular formula is C20H20BrN3O3. The van der Waals surface area contributed by atoms with Crippen molar-refractivity contribution in [2.45, 2.75) is 26.5 Å². The lowest BCUT2D eigenvalue weighted by molar-refractivity contribution is 0.0764. The zero-order valence-electron chi connectivity index (χ0n) is 15.2. The normalized spacial score (nSPS) is 10.6. The minimum absolute atomic E-state index is 0.172. The van der Waals surface area contributed by atoms with Gasteiger partial charge in [0.1, 0.15) is 12.4 Å². The highest BCUT2D eigenvalue weighted by atomic mass is 79.9. The molecule has 2 aromatic carbocycles. The van der Waals surface area contributed by atoms with Crippen LogP contribution in [0, 0.1) is 0 Å². The lowest BCUT2D eigenvalue weighted by Gasteiger charge is -2.17. The molecule has 0 spiro atoms. The summed E-state index contributed by atoms with van der Waals surface area (Å²) in [5.74, 6) is 1.40. The molecule has 1 amide bonds. The zero-order chi connectivity index (χ0) is 19.2. The molecule has 6 nitrogen and oxygen atoms in total. The first-order valence-electron chi connectivity index (χ1n) is 8.60. The molecule has 3 rings (SSSR count). The largest absolute Gasteiger partial charge is 0.488 e. The Hall–Kier alpha value is -2.67. The van der Waals surface area contributed by atoms with E-state index in [4.69, 9.17) is 9.26 Å². The Bertz CT molecular complexity index is 926. The van der Waals surface area contributed by atoms with Crippen LogP contribution < -0.4 is 4.74 Å². The first-order valence-corrected chi connectivity index (χ1v) is 9.40. The molecule has 0 bridgehead atoms. The minimum Gasteiger partial charge on any atom is -0.488 e. The van der Waals surface area contributed by atoms with Gasteiger partial charge in [-0.1, -0.05) is 58.3 Å². The predicted octanol–water partition coefficient (Wildman–Crippen LogP) is 4.25. The monoisotopic (exact) mass is 429 g/mol. The summed E-state index contributed by atoms with van der Waals surface area (Å²) in [5, 5.41) is 3.86. The maximum absolute atomic E-state index is 12.9. The van der Waals surface area contributed by atoms with E-state index in [0.29, 0.717) is 36.1 Å². The van der Waals surface area contributed by atoms with E-state index in [1.165, 1.54) is 4.90 Å². The van der Waals surface area contributed by atoms with Gasteiger partial charge in [0.2, 0.25) is 5.89 Å². The second-order valence-electron chi connectivity index (χ2n) is 6.00. The van der Waals surface area contributed by atoms with Crippen LogP contribution in [-0.2, 0) is 19.6 Å². The van der Waals surface area contributed by atoms with Crippen LogP contribution in [0.3, 0.4) is 0 Å². The van der Waals surface area contributed by atoms with Crippen molar-refractivity contribution in [1.82, 2.24) is 15.0 Å². The third kappa shape index (κ3) is 4.74. The number of ether oxygens (including phenoxy) is 1. The predicted molar refractivity (Wildman–Crippen MR) is 104 cm³/mol. The quantitative estimate of drug-likeness (QED) is 0.561. The van der Waals surface area contributed by atoms with Crippen molar-refractivity contribution >= 4 is 21.8 Å². The van der Waals surface area contributed by atoms with Crippen molar-refractivity contribution in [3.8, 4) is 5.75 Å². The fraction of sp³-hybridized carbons (Fsp3) is 0.250. The summed E-state index contributed by atoms with van der Waals surface area (Å²) in [4.78, 5) is 18.7. The van der Waals surface area contributed by atoms with Crippen LogP contribution in [0.4, 0.5) is 0 Å². The SMILES string of the molecule is CCc1noc(CN(C)C(=O)c2ccccc2OCc2ccccc2Br)n1. The minimum atomic E-state index is -0.172. The molecular weight excluding hydrogens is 410 g/mol. The lowest BCUT2D eigenvalue weighted by Crippen LogP contribution is -2.26. The fourth-order valence-electron chi connectivity index (χ4n) is 2.52. The van der Waals surface area contributed by atoms with Crippen molar-refractivity contribution < 1.29 is 14.1 Å². The van der Waals surface area contributed by atoms with E-state index in [9.17, 15) is 4.79 Å². The van der Waals surface area contributed by atoms with Gasteiger partial charge in [-0.2, -0.15) is 4.98 Å². The molecule has 7 heteroatoms. The van der Waals surface area contributed by atoms with Gasteiger partial charge in [-0.05, 0) is 18.2 Å². The van der Waals surface area contributed by atoms with Crippen LogP contribution in [0.25, 0.3) is 0 Å². The van der Waals surface area contributed by atoms with Gasteiger partial charge >= 0.3 is 0 Å². The highest BCUT2D eigenvalue weighted by molar-refractivity contribution is 9.10. The zero-order valence-corrected chi connectivity index (χ0v) is 16.8. The summed E-state index contributed by atoms with van der Waals surface area (Å²) in [7, 11) is 1.70. The molecule has 0 aliphatic carbocycles. The number of carbonyl (C=O) groups is 1. The standard InChI is InChI=1S/C20H20BrN3O3/c1-3-18-22-19(27-23-18)12-24(2)20(25)15-9-5-7-11-17(15)26-13-14-8-4-6-10-16(14)21/h4-11H,3,12-13H2,1-2H3. The number of hydrogen-bond acceptors (Lipinski definition) is 5. The molecule has 0 aliphatic rings. The summed E-state index contributed by atoms with van der Waals surface area (Å²) >= 11 is 3.51. The number of amides is 1. The van der Waals surface area contributed by atoms with Crippen molar-refractivity contribution in [1.29, 1.82) is 0 Å². The van der Waals surface area contributed by atoms with E-state index >= 15 is 0 Å². The smallest absolute Gasteiger partial charge is 0.257 e. The summed E-state index contributed by atoms with van der Waals surface area (Å²) in [5.41, 5.74) is 1.49. The van der Waals surface area contributed by atoms with Crippen molar-refractivity contribution in [3.05, 3.63) is 75.8 Å². The number of hydrogen-bond donors (Lipinski definition) is 0. The molecule has 140 valence electrons. The van der Waals surface area contributed by atoms with Crippen LogP contribution in [0.5, 0.6) is 5.75 Å². The van der Waals surface area contributed by atoms with Gasteiger partial charge in [0.25, 0.3) is 5.91 Å². The fourth-order valence-corrected chi connectivity index (χ4v) is 2.92. The molecule has 0 saturated carbocycles. The molecule has 0 saturated heterocycles. The summed E-state index contributed by atoms with van der Waals surface area (Å²) in [6.07, 6.45) is 0.687. The second kappa shape index (κ2) is 8.81. The van der Waals surface area contributed by atoms with Gasteiger partial charge in [0, 0.05) is 23.5 Å². The highest BCUT2D eigenvalue weighted by Crippen LogP contribution is 2.23. The van der Waals surface area contributed by atoms with Crippen molar-refractivity contribution in [3.63, 3.8) is 0 Å². The van der Waals surface area contributed by atoms with Gasteiger partial charge in [0.05, 0.1) is 12.1 Å². The van der Waals surface area contributed by atoms with Crippen LogP contribution in [0.1, 0.15) is 34.6 Å². The number of carbonyl (C=O) groups excluding carboxylic acids is 1. The van der Waals surface area contributed by atoms with Crippen LogP contribution in [-0.4, -0.2) is 28.0 Å². The molecule has 1 heterocycles. The third-order valence-corrected chi connectivity index (χ3v) is 4.78. The first kappa shape index (κ1) is 19.1. The Morgan fingerprint density at radius 3 is 2.67 bits per heavy atom. The first-order chi connectivity index (χ1) is 13.1. The number of benzene rings is 2.